The van der Waals surface area contributed by atoms with E-state index in [1.807, 2.05) is 0 Å². The van der Waals surface area contributed by atoms with Crippen LogP contribution in [0.2, 0.25) is 0 Å². The predicted molar refractivity (Wildman–Crippen MR) is 50.9 cm³/mol. The summed E-state index contributed by atoms with van der Waals surface area (Å²) in [4.78, 5) is 0. The molecule has 0 spiro atoms. The molecule has 0 aliphatic carbocycles. The predicted octanol–water partition coefficient (Wildman–Crippen LogP) is 0.884. The van der Waals surface area contributed by atoms with Crippen molar-refractivity contribution in [2.24, 2.45) is 0 Å². The van der Waals surface area contributed by atoms with E-state index in [2.05, 4.69) is 22.5 Å². The first-order valence-corrected chi connectivity index (χ1v) is 4.12. The number of halogens is 2. The molecule has 1 fully saturated rings. The van der Waals surface area contributed by atoms with Crippen molar-refractivity contribution in [3.63, 3.8) is 0 Å². The Hall–Kier alpha value is 1.20. The fourth-order valence-corrected chi connectivity index (χ4v) is 1.28. The maximum atomic E-state index is 4.05. The molecule has 0 radical (unpaired) electrons. The second-order valence-corrected chi connectivity index (χ2v) is 3.00. The van der Waals surface area contributed by atoms with Gasteiger partial charge in [0.15, 0.2) is 0 Å². The van der Waals surface area contributed by atoms with Crippen LogP contribution in [0.15, 0.2) is 0 Å². The zero-order valence-electron chi connectivity index (χ0n) is 4.66. The molecule has 1 aliphatic heterocycles. The molecule has 0 aromatic carbocycles. The van der Waals surface area contributed by atoms with Crippen molar-refractivity contribution in [1.82, 2.24) is 10.9 Å². The van der Waals surface area contributed by atoms with Crippen LogP contribution in [0.5, 0.6) is 0 Å². The number of thiol groups is 1. The lowest BCUT2D eigenvalue weighted by Crippen LogP contribution is -2.21. The molecule has 1 saturated heterocycles. The highest BCUT2D eigenvalue weighted by Gasteiger charge is 2.11. The average Bonchev–Trinajstić information content (AvgIpc) is 2.14. The van der Waals surface area contributed by atoms with Gasteiger partial charge in [-0.05, 0) is 0 Å². The third-order valence-corrected chi connectivity index (χ3v) is 2.46. The zero-order valence-corrected chi connectivity index (χ0v) is 8.01. The van der Waals surface area contributed by atoms with E-state index in [4.69, 9.17) is 0 Å². The molecule has 2 N–H and O–H groups in total. The summed E-state index contributed by atoms with van der Waals surface area (Å²) in [5.74, 6) is 0. The minimum atomic E-state index is 0. The highest BCUT2D eigenvalue weighted by Crippen LogP contribution is 2.14. The second-order valence-electron chi connectivity index (χ2n) is 1.49. The largest absolute Gasteiger partial charge is 0.257 e. The molecular formula is C3H10Cl2N2S2. The van der Waals surface area contributed by atoms with E-state index in [0.29, 0.717) is 5.25 Å². The first-order chi connectivity index (χ1) is 3.43. The SMILES string of the molecule is Cl.Cl.SSC1CNNC1. The Bertz CT molecular complexity index is 59.8. The number of hydrazine groups is 1. The zero-order chi connectivity index (χ0) is 5.11. The molecule has 0 unspecified atom stereocenters. The fourth-order valence-electron chi connectivity index (χ4n) is 0.519. The van der Waals surface area contributed by atoms with Crippen LogP contribution >= 0.6 is 47.3 Å². The number of nitrogens with one attached hydrogen (secondary N) is 2. The lowest BCUT2D eigenvalue weighted by Gasteiger charge is -1.96. The highest BCUT2D eigenvalue weighted by molar-refractivity contribution is 8.68. The van der Waals surface area contributed by atoms with Crippen molar-refractivity contribution in [3.05, 3.63) is 0 Å². The number of hydrogen-bond acceptors (Lipinski definition) is 4. The molecule has 1 aliphatic rings. The molecule has 1 heterocycles. The summed E-state index contributed by atoms with van der Waals surface area (Å²) < 4.78 is 0. The molecule has 0 aromatic rings. The van der Waals surface area contributed by atoms with Gasteiger partial charge in [-0.2, -0.15) is 0 Å². The monoisotopic (exact) mass is 208 g/mol. The van der Waals surface area contributed by atoms with Crippen molar-refractivity contribution in [2.45, 2.75) is 5.25 Å². The smallest absolute Gasteiger partial charge is 0.0426 e. The molecule has 0 bridgehead atoms. The van der Waals surface area contributed by atoms with E-state index >= 15 is 0 Å². The van der Waals surface area contributed by atoms with E-state index in [1.54, 1.807) is 10.8 Å². The Morgan fingerprint density at radius 2 is 1.67 bits per heavy atom. The molecule has 1 rings (SSSR count). The molecule has 2 nitrogen and oxygen atoms in total. The third-order valence-electron chi connectivity index (χ3n) is 0.934. The Labute approximate surface area is 76.5 Å². The van der Waals surface area contributed by atoms with Crippen molar-refractivity contribution in [3.8, 4) is 0 Å². The Morgan fingerprint density at radius 1 is 1.22 bits per heavy atom. The summed E-state index contributed by atoms with van der Waals surface area (Å²) in [6, 6.07) is 0. The molecule has 6 heteroatoms. The van der Waals surface area contributed by atoms with Crippen LogP contribution in [0.3, 0.4) is 0 Å². The van der Waals surface area contributed by atoms with Crippen molar-refractivity contribution in [1.29, 1.82) is 0 Å². The van der Waals surface area contributed by atoms with Crippen molar-refractivity contribution < 1.29 is 0 Å². The molecule has 0 atom stereocenters. The van der Waals surface area contributed by atoms with Gasteiger partial charge in [-0.15, -0.1) is 36.5 Å². The van der Waals surface area contributed by atoms with Gasteiger partial charge in [-0.25, -0.2) is 0 Å². The third kappa shape index (κ3) is 4.58. The van der Waals surface area contributed by atoms with Gasteiger partial charge in [0.2, 0.25) is 0 Å². The molecule has 0 aromatic heterocycles. The van der Waals surface area contributed by atoms with Crippen LogP contribution in [0.25, 0.3) is 0 Å². The van der Waals surface area contributed by atoms with Gasteiger partial charge in [-0.1, -0.05) is 10.8 Å². The molecule has 0 amide bonds. The Morgan fingerprint density at radius 3 is 1.89 bits per heavy atom. The van der Waals surface area contributed by atoms with E-state index in [1.165, 1.54) is 0 Å². The minimum absolute atomic E-state index is 0. The quantitative estimate of drug-likeness (QED) is 0.441. The van der Waals surface area contributed by atoms with Gasteiger partial charge in [0.1, 0.15) is 0 Å². The fraction of sp³-hybridized carbons (Fsp3) is 1.00. The minimum Gasteiger partial charge on any atom is -0.257 e. The summed E-state index contributed by atoms with van der Waals surface area (Å²) >= 11 is 4.05. The Balaban J connectivity index is 0. The second kappa shape index (κ2) is 7.31. The van der Waals surface area contributed by atoms with Crippen LogP contribution in [0.1, 0.15) is 0 Å². The molecule has 58 valence electrons. The summed E-state index contributed by atoms with van der Waals surface area (Å²) in [6.45, 7) is 2.07. The van der Waals surface area contributed by atoms with Crippen LogP contribution in [0.4, 0.5) is 0 Å². The lowest BCUT2D eigenvalue weighted by molar-refractivity contribution is 0.689. The van der Waals surface area contributed by atoms with E-state index in [9.17, 15) is 0 Å². The van der Waals surface area contributed by atoms with Crippen LogP contribution in [0, 0.1) is 0 Å². The lowest BCUT2D eigenvalue weighted by atomic mass is 10.5. The number of rotatable bonds is 1. The topological polar surface area (TPSA) is 24.1 Å². The molecular weight excluding hydrogens is 199 g/mol. The van der Waals surface area contributed by atoms with Gasteiger partial charge in [0, 0.05) is 18.3 Å². The summed E-state index contributed by atoms with van der Waals surface area (Å²) in [5, 5.41) is 0.656. The van der Waals surface area contributed by atoms with Gasteiger partial charge >= 0.3 is 0 Å². The first kappa shape index (κ1) is 12.8. The van der Waals surface area contributed by atoms with E-state index in [0.717, 1.165) is 13.1 Å². The average molecular weight is 209 g/mol. The van der Waals surface area contributed by atoms with E-state index in [-0.39, 0.29) is 24.8 Å². The first-order valence-electron chi connectivity index (χ1n) is 2.19. The normalized spacial score (nSPS) is 18.3. The van der Waals surface area contributed by atoms with Crippen LogP contribution < -0.4 is 10.9 Å². The van der Waals surface area contributed by atoms with Gasteiger partial charge < -0.3 is 0 Å². The molecule has 0 saturated carbocycles. The van der Waals surface area contributed by atoms with Crippen molar-refractivity contribution >= 4 is 47.3 Å². The van der Waals surface area contributed by atoms with Gasteiger partial charge in [-0.3, -0.25) is 10.9 Å². The standard InChI is InChI=1S/C3H8N2S2.2ClH/c6-7-3-1-4-5-2-3;;/h3-6H,1-2H2;2*1H. The van der Waals surface area contributed by atoms with E-state index < -0.39 is 0 Å². The van der Waals surface area contributed by atoms with Gasteiger partial charge in [0.05, 0.1) is 0 Å². The summed E-state index contributed by atoms with van der Waals surface area (Å²) in [7, 11) is 1.60. The van der Waals surface area contributed by atoms with Crippen LogP contribution in [-0.4, -0.2) is 18.3 Å². The number of hydrogen-bond donors (Lipinski definition) is 3. The maximum Gasteiger partial charge on any atom is 0.0426 e. The maximum absolute atomic E-state index is 4.05. The highest BCUT2D eigenvalue weighted by atomic mass is 35.5. The molecule has 9 heavy (non-hydrogen) atoms. The summed E-state index contributed by atoms with van der Waals surface area (Å²) in [5.41, 5.74) is 6.01. The Kier molecular flexibility index (Phi) is 10.4. The van der Waals surface area contributed by atoms with Crippen LogP contribution in [-0.2, 0) is 0 Å². The van der Waals surface area contributed by atoms with Crippen molar-refractivity contribution in [2.75, 3.05) is 13.1 Å². The van der Waals surface area contributed by atoms with Gasteiger partial charge in [0.25, 0.3) is 0 Å². The summed E-state index contributed by atoms with van der Waals surface area (Å²) in [6.07, 6.45) is 0.